The Kier molecular flexibility index (Phi) is 3.43. The number of imidazole rings is 1. The van der Waals surface area contributed by atoms with Gasteiger partial charge in [-0.1, -0.05) is 6.92 Å². The number of nitrogens with zero attached hydrogens (tertiary/aromatic N) is 4. The summed E-state index contributed by atoms with van der Waals surface area (Å²) in [7, 11) is 0. The predicted octanol–water partition coefficient (Wildman–Crippen LogP) is 2.05. The van der Waals surface area contributed by atoms with Gasteiger partial charge >= 0.3 is 0 Å². The maximum absolute atomic E-state index is 9.17. The zero-order chi connectivity index (χ0) is 13.9. The molecule has 20 heavy (non-hydrogen) atoms. The summed E-state index contributed by atoms with van der Waals surface area (Å²) in [6, 6.07) is 5.94. The molecule has 0 aliphatic heterocycles. The van der Waals surface area contributed by atoms with Crippen LogP contribution in [0.25, 0.3) is 22.3 Å². The van der Waals surface area contributed by atoms with Gasteiger partial charge in [0.1, 0.15) is 11.3 Å². The average molecular weight is 268 g/mol. The number of aliphatic hydroxyl groups excluding tert-OH is 1. The van der Waals surface area contributed by atoms with E-state index in [0.29, 0.717) is 6.54 Å². The fourth-order valence-corrected chi connectivity index (χ4v) is 2.36. The minimum Gasteiger partial charge on any atom is -0.395 e. The second-order valence-electron chi connectivity index (χ2n) is 4.56. The molecule has 0 aromatic carbocycles. The first-order chi connectivity index (χ1) is 9.83. The summed E-state index contributed by atoms with van der Waals surface area (Å²) in [4.78, 5) is 13.1. The monoisotopic (exact) mass is 268 g/mol. The van der Waals surface area contributed by atoms with Crippen LogP contribution in [0.1, 0.15) is 12.7 Å². The van der Waals surface area contributed by atoms with Gasteiger partial charge in [-0.25, -0.2) is 9.97 Å². The molecule has 5 nitrogen and oxygen atoms in total. The number of aryl methyl sites for hydroxylation is 1. The van der Waals surface area contributed by atoms with Gasteiger partial charge in [0.2, 0.25) is 0 Å². The van der Waals surface area contributed by atoms with Crippen LogP contribution in [-0.4, -0.2) is 31.2 Å². The van der Waals surface area contributed by atoms with Gasteiger partial charge < -0.3 is 9.67 Å². The van der Waals surface area contributed by atoms with Crippen molar-refractivity contribution < 1.29 is 5.11 Å². The summed E-state index contributed by atoms with van der Waals surface area (Å²) in [5.74, 6) is 0.952. The van der Waals surface area contributed by atoms with Crippen molar-refractivity contribution in [3.8, 4) is 11.1 Å². The van der Waals surface area contributed by atoms with Crippen molar-refractivity contribution in [1.29, 1.82) is 0 Å². The lowest BCUT2D eigenvalue weighted by Gasteiger charge is -2.05. The zero-order valence-electron chi connectivity index (χ0n) is 11.3. The standard InChI is InChI=1S/C15H16N4O/c1-2-14-18-13-9-12(11-3-5-16-6-4-11)10-17-15(13)19(14)7-8-20/h3-6,9-10,20H,2,7-8H2,1H3. The molecule has 0 saturated carbocycles. The van der Waals surface area contributed by atoms with Crippen LogP contribution < -0.4 is 0 Å². The van der Waals surface area contributed by atoms with E-state index in [-0.39, 0.29) is 6.61 Å². The second kappa shape index (κ2) is 5.38. The van der Waals surface area contributed by atoms with Crippen LogP contribution in [0.4, 0.5) is 0 Å². The molecule has 0 aliphatic carbocycles. The highest BCUT2D eigenvalue weighted by atomic mass is 16.3. The van der Waals surface area contributed by atoms with E-state index in [1.165, 1.54) is 0 Å². The summed E-state index contributed by atoms with van der Waals surface area (Å²) in [5.41, 5.74) is 3.79. The second-order valence-corrected chi connectivity index (χ2v) is 4.56. The molecule has 0 bridgehead atoms. The quantitative estimate of drug-likeness (QED) is 0.786. The van der Waals surface area contributed by atoms with Crippen LogP contribution in [0.15, 0.2) is 36.8 Å². The molecule has 3 aromatic rings. The molecule has 3 heterocycles. The Balaban J connectivity index is 2.13. The van der Waals surface area contributed by atoms with Crippen LogP contribution in [0.2, 0.25) is 0 Å². The van der Waals surface area contributed by atoms with Gasteiger partial charge in [-0.2, -0.15) is 0 Å². The van der Waals surface area contributed by atoms with Gasteiger partial charge in [-0.3, -0.25) is 4.98 Å². The third-order valence-electron chi connectivity index (χ3n) is 3.32. The Bertz CT molecular complexity index is 721. The van der Waals surface area contributed by atoms with E-state index in [4.69, 9.17) is 5.11 Å². The van der Waals surface area contributed by atoms with Crippen molar-refractivity contribution >= 4 is 11.2 Å². The van der Waals surface area contributed by atoms with Gasteiger partial charge in [0.25, 0.3) is 0 Å². The largest absolute Gasteiger partial charge is 0.395 e. The van der Waals surface area contributed by atoms with E-state index < -0.39 is 0 Å². The molecule has 0 radical (unpaired) electrons. The summed E-state index contributed by atoms with van der Waals surface area (Å²) >= 11 is 0. The number of rotatable bonds is 4. The van der Waals surface area contributed by atoms with Crippen LogP contribution >= 0.6 is 0 Å². The molecule has 5 heteroatoms. The maximum atomic E-state index is 9.17. The summed E-state index contributed by atoms with van der Waals surface area (Å²) < 4.78 is 1.98. The summed E-state index contributed by atoms with van der Waals surface area (Å²) in [6.45, 7) is 2.67. The Morgan fingerprint density at radius 3 is 2.70 bits per heavy atom. The molecule has 0 saturated heterocycles. The fraction of sp³-hybridized carbons (Fsp3) is 0.267. The lowest BCUT2D eigenvalue weighted by atomic mass is 10.1. The minimum atomic E-state index is 0.0895. The van der Waals surface area contributed by atoms with E-state index in [9.17, 15) is 0 Å². The van der Waals surface area contributed by atoms with Gasteiger partial charge in [0.05, 0.1) is 6.61 Å². The highest BCUT2D eigenvalue weighted by Crippen LogP contribution is 2.22. The van der Waals surface area contributed by atoms with Gasteiger partial charge in [0, 0.05) is 37.1 Å². The Labute approximate surface area is 117 Å². The maximum Gasteiger partial charge on any atom is 0.160 e. The topological polar surface area (TPSA) is 63.8 Å². The third kappa shape index (κ3) is 2.16. The SMILES string of the molecule is CCc1nc2cc(-c3ccncc3)cnc2n1CCO. The number of pyridine rings is 2. The Hall–Kier alpha value is -2.27. The van der Waals surface area contributed by atoms with Crippen molar-refractivity contribution in [1.82, 2.24) is 19.5 Å². The first-order valence-electron chi connectivity index (χ1n) is 6.70. The first kappa shape index (κ1) is 12.7. The Morgan fingerprint density at radius 1 is 1.20 bits per heavy atom. The van der Waals surface area contributed by atoms with Crippen molar-refractivity contribution in [2.24, 2.45) is 0 Å². The van der Waals surface area contributed by atoms with E-state index in [1.54, 1.807) is 12.4 Å². The average Bonchev–Trinajstić information content (AvgIpc) is 2.86. The molecular formula is C15H16N4O. The van der Waals surface area contributed by atoms with Crippen LogP contribution in [-0.2, 0) is 13.0 Å². The molecule has 0 amide bonds. The lowest BCUT2D eigenvalue weighted by molar-refractivity contribution is 0.276. The summed E-state index contributed by atoms with van der Waals surface area (Å²) in [5, 5.41) is 9.17. The molecular weight excluding hydrogens is 252 g/mol. The fourth-order valence-electron chi connectivity index (χ4n) is 2.36. The molecule has 0 spiro atoms. The van der Waals surface area contributed by atoms with Gasteiger partial charge in [-0.05, 0) is 23.8 Å². The number of aromatic nitrogens is 4. The van der Waals surface area contributed by atoms with E-state index in [2.05, 4.69) is 21.9 Å². The molecule has 3 aromatic heterocycles. The predicted molar refractivity (Wildman–Crippen MR) is 77.2 cm³/mol. The zero-order valence-corrected chi connectivity index (χ0v) is 11.3. The molecule has 102 valence electrons. The lowest BCUT2D eigenvalue weighted by Crippen LogP contribution is -2.06. The van der Waals surface area contributed by atoms with Crippen LogP contribution in [0, 0.1) is 0 Å². The first-order valence-corrected chi connectivity index (χ1v) is 6.70. The van der Waals surface area contributed by atoms with E-state index in [0.717, 1.165) is 34.5 Å². The molecule has 0 unspecified atom stereocenters. The number of hydrogen-bond donors (Lipinski definition) is 1. The van der Waals surface area contributed by atoms with E-state index >= 15 is 0 Å². The van der Waals surface area contributed by atoms with Crippen molar-refractivity contribution in [2.75, 3.05) is 6.61 Å². The van der Waals surface area contributed by atoms with Crippen LogP contribution in [0.3, 0.4) is 0 Å². The highest BCUT2D eigenvalue weighted by Gasteiger charge is 2.11. The minimum absolute atomic E-state index is 0.0895. The van der Waals surface area contributed by atoms with Gasteiger partial charge in [0.15, 0.2) is 5.65 Å². The number of hydrogen-bond acceptors (Lipinski definition) is 4. The van der Waals surface area contributed by atoms with Crippen molar-refractivity contribution in [2.45, 2.75) is 19.9 Å². The Morgan fingerprint density at radius 2 is 2.00 bits per heavy atom. The third-order valence-corrected chi connectivity index (χ3v) is 3.32. The van der Waals surface area contributed by atoms with Crippen LogP contribution in [0.5, 0.6) is 0 Å². The smallest absolute Gasteiger partial charge is 0.160 e. The van der Waals surface area contributed by atoms with Crippen molar-refractivity contribution in [3.05, 3.63) is 42.6 Å². The molecule has 1 N–H and O–H groups in total. The highest BCUT2D eigenvalue weighted by molar-refractivity contribution is 5.78. The molecule has 0 fully saturated rings. The van der Waals surface area contributed by atoms with E-state index in [1.807, 2.05) is 29.0 Å². The number of aliphatic hydroxyl groups is 1. The van der Waals surface area contributed by atoms with Gasteiger partial charge in [-0.15, -0.1) is 0 Å². The molecule has 3 rings (SSSR count). The summed E-state index contributed by atoms with van der Waals surface area (Å²) in [6.07, 6.45) is 6.19. The normalized spacial score (nSPS) is 11.1. The van der Waals surface area contributed by atoms with Crippen molar-refractivity contribution in [3.63, 3.8) is 0 Å². The molecule has 0 aliphatic rings. The molecule has 0 atom stereocenters. The number of fused-ring (bicyclic) bond motifs is 1.